The Bertz CT molecular complexity index is 357. The molecule has 0 aromatic carbocycles. The van der Waals surface area contributed by atoms with E-state index in [4.69, 9.17) is 0 Å². The zero-order valence-electron chi connectivity index (χ0n) is 11.9. The lowest BCUT2D eigenvalue weighted by molar-refractivity contribution is 0.283. The second-order valence-corrected chi connectivity index (χ2v) is 5.17. The van der Waals surface area contributed by atoms with Crippen LogP contribution in [0, 0.1) is 6.92 Å². The molecule has 0 saturated carbocycles. The third-order valence-electron chi connectivity index (χ3n) is 3.93. The van der Waals surface area contributed by atoms with Crippen molar-refractivity contribution in [3.8, 4) is 0 Å². The molecule has 3 heteroatoms. The number of hydrogen-bond acceptors (Lipinski definition) is 3. The summed E-state index contributed by atoms with van der Waals surface area (Å²) in [6.45, 7) is 11.2. The van der Waals surface area contributed by atoms with Crippen molar-refractivity contribution in [2.75, 3.05) is 31.1 Å². The van der Waals surface area contributed by atoms with Crippen LogP contribution in [0.4, 0.5) is 5.82 Å². The van der Waals surface area contributed by atoms with Crippen LogP contribution >= 0.6 is 0 Å². The van der Waals surface area contributed by atoms with Crippen LogP contribution in [-0.2, 0) is 0 Å². The second-order valence-electron chi connectivity index (χ2n) is 5.17. The minimum atomic E-state index is 0.639. The fourth-order valence-corrected chi connectivity index (χ4v) is 2.74. The van der Waals surface area contributed by atoms with Gasteiger partial charge in [0.15, 0.2) is 0 Å². The molecule has 1 atom stereocenters. The molecule has 2 rings (SSSR count). The lowest BCUT2D eigenvalue weighted by Gasteiger charge is -2.30. The van der Waals surface area contributed by atoms with Gasteiger partial charge in [-0.25, -0.2) is 4.98 Å². The number of anilines is 1. The first-order valence-electron chi connectivity index (χ1n) is 7.16. The summed E-state index contributed by atoms with van der Waals surface area (Å²) in [6.07, 6.45) is 4.57. The molecule has 1 saturated heterocycles. The molecule has 0 radical (unpaired) electrons. The highest BCUT2D eigenvalue weighted by Crippen LogP contribution is 2.24. The highest BCUT2D eigenvalue weighted by molar-refractivity contribution is 5.41. The van der Waals surface area contributed by atoms with E-state index in [1.165, 1.54) is 24.9 Å². The van der Waals surface area contributed by atoms with Gasteiger partial charge in [0.1, 0.15) is 5.82 Å². The van der Waals surface area contributed by atoms with Crippen molar-refractivity contribution >= 4 is 5.82 Å². The number of nitrogens with zero attached hydrogens (tertiary/aromatic N) is 3. The predicted molar refractivity (Wildman–Crippen MR) is 77.1 cm³/mol. The SMILES string of the molecule is CCN(CC)CC1CCCN1c1ccc(C)cn1. The first-order valence-corrected chi connectivity index (χ1v) is 7.16. The molecular weight excluding hydrogens is 222 g/mol. The number of aromatic nitrogens is 1. The smallest absolute Gasteiger partial charge is 0.128 e. The average molecular weight is 247 g/mol. The largest absolute Gasteiger partial charge is 0.352 e. The number of pyridine rings is 1. The molecule has 1 aliphatic heterocycles. The van der Waals surface area contributed by atoms with Gasteiger partial charge in [0.2, 0.25) is 0 Å². The number of rotatable bonds is 5. The normalized spacial score (nSPS) is 19.8. The van der Waals surface area contributed by atoms with E-state index in [-0.39, 0.29) is 0 Å². The third kappa shape index (κ3) is 3.02. The van der Waals surface area contributed by atoms with Gasteiger partial charge in [-0.3, -0.25) is 0 Å². The molecule has 1 aromatic rings. The summed E-state index contributed by atoms with van der Waals surface area (Å²) < 4.78 is 0. The summed E-state index contributed by atoms with van der Waals surface area (Å²) in [5, 5.41) is 0. The van der Waals surface area contributed by atoms with Crippen LogP contribution in [0.1, 0.15) is 32.3 Å². The Kier molecular flexibility index (Phi) is 4.59. The van der Waals surface area contributed by atoms with Gasteiger partial charge in [0.25, 0.3) is 0 Å². The van der Waals surface area contributed by atoms with Gasteiger partial charge in [-0.1, -0.05) is 19.9 Å². The Morgan fingerprint density at radius 2 is 2.11 bits per heavy atom. The molecule has 3 nitrogen and oxygen atoms in total. The van der Waals surface area contributed by atoms with Gasteiger partial charge < -0.3 is 9.80 Å². The van der Waals surface area contributed by atoms with E-state index in [2.05, 4.69) is 47.7 Å². The van der Waals surface area contributed by atoms with Crippen LogP contribution < -0.4 is 4.90 Å². The zero-order valence-corrected chi connectivity index (χ0v) is 11.9. The molecule has 0 bridgehead atoms. The van der Waals surface area contributed by atoms with Crippen molar-refractivity contribution in [2.24, 2.45) is 0 Å². The molecule has 1 aliphatic rings. The summed E-state index contributed by atoms with van der Waals surface area (Å²) in [7, 11) is 0. The number of hydrogen-bond donors (Lipinski definition) is 0. The lowest BCUT2D eigenvalue weighted by atomic mass is 10.2. The Morgan fingerprint density at radius 1 is 1.33 bits per heavy atom. The van der Waals surface area contributed by atoms with Gasteiger partial charge in [-0.2, -0.15) is 0 Å². The van der Waals surface area contributed by atoms with E-state index in [0.29, 0.717) is 6.04 Å². The van der Waals surface area contributed by atoms with E-state index in [0.717, 1.165) is 25.5 Å². The van der Waals surface area contributed by atoms with Crippen molar-refractivity contribution in [1.82, 2.24) is 9.88 Å². The zero-order chi connectivity index (χ0) is 13.0. The lowest BCUT2D eigenvalue weighted by Crippen LogP contribution is -2.40. The van der Waals surface area contributed by atoms with E-state index in [9.17, 15) is 0 Å². The maximum Gasteiger partial charge on any atom is 0.128 e. The monoisotopic (exact) mass is 247 g/mol. The topological polar surface area (TPSA) is 19.4 Å². The van der Waals surface area contributed by atoms with Crippen LogP contribution in [0.2, 0.25) is 0 Å². The van der Waals surface area contributed by atoms with Gasteiger partial charge in [0.05, 0.1) is 0 Å². The molecule has 0 N–H and O–H groups in total. The van der Waals surface area contributed by atoms with Crippen molar-refractivity contribution < 1.29 is 0 Å². The van der Waals surface area contributed by atoms with E-state index >= 15 is 0 Å². The molecule has 0 spiro atoms. The Morgan fingerprint density at radius 3 is 2.72 bits per heavy atom. The summed E-state index contributed by atoms with van der Waals surface area (Å²) in [5.74, 6) is 1.15. The van der Waals surface area contributed by atoms with Crippen molar-refractivity contribution in [3.63, 3.8) is 0 Å². The fourth-order valence-electron chi connectivity index (χ4n) is 2.74. The predicted octanol–water partition coefficient (Wildman–Crippen LogP) is 2.70. The Labute approximate surface area is 111 Å². The quantitative estimate of drug-likeness (QED) is 0.797. The molecule has 100 valence electrons. The molecular formula is C15H25N3. The van der Waals surface area contributed by atoms with Crippen LogP contribution in [0.5, 0.6) is 0 Å². The molecule has 18 heavy (non-hydrogen) atoms. The fraction of sp³-hybridized carbons (Fsp3) is 0.667. The Balaban J connectivity index is 2.05. The van der Waals surface area contributed by atoms with Gasteiger partial charge >= 0.3 is 0 Å². The van der Waals surface area contributed by atoms with Crippen LogP contribution in [-0.4, -0.2) is 42.1 Å². The van der Waals surface area contributed by atoms with Gasteiger partial charge in [0, 0.05) is 25.3 Å². The molecule has 1 fully saturated rings. The van der Waals surface area contributed by atoms with Crippen LogP contribution in [0.15, 0.2) is 18.3 Å². The summed E-state index contributed by atoms with van der Waals surface area (Å²) in [5.41, 5.74) is 1.23. The highest BCUT2D eigenvalue weighted by atomic mass is 15.3. The van der Waals surface area contributed by atoms with E-state index in [1.807, 2.05) is 6.20 Å². The molecule has 2 heterocycles. The van der Waals surface area contributed by atoms with Crippen LogP contribution in [0.25, 0.3) is 0 Å². The number of aryl methyl sites for hydroxylation is 1. The third-order valence-corrected chi connectivity index (χ3v) is 3.93. The number of likely N-dealkylation sites (N-methyl/N-ethyl adjacent to an activating group) is 1. The summed E-state index contributed by atoms with van der Waals surface area (Å²) in [4.78, 5) is 9.57. The average Bonchev–Trinajstić information content (AvgIpc) is 2.85. The van der Waals surface area contributed by atoms with Crippen LogP contribution in [0.3, 0.4) is 0 Å². The van der Waals surface area contributed by atoms with Crippen molar-refractivity contribution in [3.05, 3.63) is 23.9 Å². The summed E-state index contributed by atoms with van der Waals surface area (Å²) >= 11 is 0. The first-order chi connectivity index (χ1) is 8.74. The molecule has 0 amide bonds. The molecule has 1 unspecified atom stereocenters. The molecule has 1 aromatic heterocycles. The van der Waals surface area contributed by atoms with Crippen molar-refractivity contribution in [2.45, 2.75) is 39.7 Å². The second kappa shape index (κ2) is 6.19. The highest BCUT2D eigenvalue weighted by Gasteiger charge is 2.26. The van der Waals surface area contributed by atoms with E-state index < -0.39 is 0 Å². The minimum absolute atomic E-state index is 0.639. The minimum Gasteiger partial charge on any atom is -0.352 e. The van der Waals surface area contributed by atoms with Gasteiger partial charge in [-0.15, -0.1) is 0 Å². The first kappa shape index (κ1) is 13.3. The van der Waals surface area contributed by atoms with Crippen molar-refractivity contribution in [1.29, 1.82) is 0 Å². The van der Waals surface area contributed by atoms with E-state index in [1.54, 1.807) is 0 Å². The van der Waals surface area contributed by atoms with Gasteiger partial charge in [-0.05, 0) is 44.5 Å². The summed E-state index contributed by atoms with van der Waals surface area (Å²) in [6, 6.07) is 4.96. The molecule has 0 aliphatic carbocycles. The maximum atomic E-state index is 4.58. The maximum absolute atomic E-state index is 4.58. The Hall–Kier alpha value is -1.09. The standard InChI is InChI=1S/C15H25N3/c1-4-17(5-2)12-14-7-6-10-18(14)15-9-8-13(3)11-16-15/h8-9,11,14H,4-7,10,12H2,1-3H3.